The number of rotatable bonds is 5. The zero-order chi connectivity index (χ0) is 29.9. The molecule has 0 saturated carbocycles. The van der Waals surface area contributed by atoms with Crippen molar-refractivity contribution in [1.29, 1.82) is 0 Å². The first-order valence-corrected chi connectivity index (χ1v) is 15.9. The van der Waals surface area contributed by atoms with Gasteiger partial charge in [0.05, 0.1) is 0 Å². The summed E-state index contributed by atoms with van der Waals surface area (Å²) in [6.45, 7) is 5.54. The van der Waals surface area contributed by atoms with Crippen LogP contribution in [-0.4, -0.2) is 25.0 Å². The van der Waals surface area contributed by atoms with Crippen molar-refractivity contribution in [2.75, 3.05) is 20.1 Å². The van der Waals surface area contributed by atoms with Crippen LogP contribution in [-0.2, 0) is 13.1 Å². The van der Waals surface area contributed by atoms with E-state index in [4.69, 9.17) is 18.9 Å². The predicted octanol–water partition coefficient (Wildman–Crippen LogP) is 9.57. The van der Waals surface area contributed by atoms with Crippen molar-refractivity contribution in [2.45, 2.75) is 32.9 Å². The predicted molar refractivity (Wildman–Crippen MR) is 179 cm³/mol. The van der Waals surface area contributed by atoms with Crippen molar-refractivity contribution in [1.82, 2.24) is 4.90 Å². The molecule has 6 aromatic rings. The molecule has 0 spiro atoms. The third-order valence-corrected chi connectivity index (χ3v) is 9.52. The Morgan fingerprint density at radius 2 is 1.04 bits per heavy atom. The molecule has 0 atom stereocenters. The molecule has 0 bridgehead atoms. The van der Waals surface area contributed by atoms with Crippen LogP contribution < -0.4 is 18.9 Å². The van der Waals surface area contributed by atoms with E-state index in [2.05, 4.69) is 96.8 Å². The summed E-state index contributed by atoms with van der Waals surface area (Å²) in [5.41, 5.74) is 10.2. The second-order valence-corrected chi connectivity index (χ2v) is 12.2. The van der Waals surface area contributed by atoms with Crippen LogP contribution in [0.4, 0.5) is 0 Å². The van der Waals surface area contributed by atoms with E-state index in [1.165, 1.54) is 54.9 Å². The van der Waals surface area contributed by atoms with Gasteiger partial charge in [0.25, 0.3) is 0 Å². The van der Waals surface area contributed by atoms with Crippen molar-refractivity contribution >= 4 is 21.5 Å². The molecule has 9 rings (SSSR count). The maximum atomic E-state index is 5.85. The molecule has 0 amide bonds. The van der Waals surface area contributed by atoms with Crippen LogP contribution in [0.1, 0.15) is 30.9 Å². The molecule has 5 heteroatoms. The second-order valence-electron chi connectivity index (χ2n) is 12.2. The molecule has 0 aliphatic carbocycles. The summed E-state index contributed by atoms with van der Waals surface area (Å²) < 4.78 is 23.1. The summed E-state index contributed by atoms with van der Waals surface area (Å²) in [6.07, 6.45) is 2.29. The first-order chi connectivity index (χ1) is 22.2. The van der Waals surface area contributed by atoms with Gasteiger partial charge in [0, 0.05) is 13.1 Å². The first-order valence-electron chi connectivity index (χ1n) is 15.9. The van der Waals surface area contributed by atoms with E-state index in [9.17, 15) is 0 Å². The van der Waals surface area contributed by atoms with E-state index in [1.807, 2.05) is 12.1 Å². The van der Waals surface area contributed by atoms with Gasteiger partial charge in [0.1, 0.15) is 0 Å². The first kappa shape index (κ1) is 26.4. The lowest BCUT2D eigenvalue weighted by molar-refractivity contribution is 0.173. The molecule has 0 unspecified atom stereocenters. The number of nitrogens with zero attached hydrogens (tertiary/aromatic N) is 1. The molecule has 0 aromatic heterocycles. The third-order valence-electron chi connectivity index (χ3n) is 9.52. The average molecular weight is 592 g/mol. The Balaban J connectivity index is 1.39. The maximum absolute atomic E-state index is 5.85. The minimum atomic E-state index is 0.265. The molecule has 3 heterocycles. The molecule has 5 nitrogen and oxygen atoms in total. The number of unbranched alkanes of at least 4 members (excludes halogenated alkanes) is 1. The molecular weight excluding hydrogens is 558 g/mol. The lowest BCUT2D eigenvalue weighted by atomic mass is 9.82. The molecule has 0 radical (unpaired) electrons. The van der Waals surface area contributed by atoms with Gasteiger partial charge in [-0.15, -0.1) is 0 Å². The minimum absolute atomic E-state index is 0.265. The smallest absolute Gasteiger partial charge is 0.231 e. The Morgan fingerprint density at radius 1 is 0.556 bits per heavy atom. The topological polar surface area (TPSA) is 40.2 Å². The van der Waals surface area contributed by atoms with E-state index in [0.717, 1.165) is 66.6 Å². The lowest BCUT2D eigenvalue weighted by Crippen LogP contribution is -2.23. The standard InChI is InChI=1S/C40H33NO4/c1-2-3-16-41-21-33-31(27-12-14-35-37(19-27)44-23-42-35)17-25-8-4-6-10-29(25)39(33)40-30-11-7-5-9-26(30)18-32(34(40)22-41)28-13-15-36-38(20-28)45-24-43-36/h4-15,17-20H,2-3,16,21-24H2,1H3. The quantitative estimate of drug-likeness (QED) is 0.200. The van der Waals surface area contributed by atoms with Gasteiger partial charge < -0.3 is 18.9 Å². The molecule has 45 heavy (non-hydrogen) atoms. The van der Waals surface area contributed by atoms with Crippen molar-refractivity contribution in [2.24, 2.45) is 0 Å². The Labute approximate surface area is 262 Å². The fourth-order valence-corrected chi connectivity index (χ4v) is 7.37. The fraction of sp³-hybridized carbons (Fsp3) is 0.200. The normalized spacial score (nSPS) is 14.9. The molecule has 0 N–H and O–H groups in total. The van der Waals surface area contributed by atoms with Crippen LogP contribution in [0.25, 0.3) is 54.9 Å². The zero-order valence-corrected chi connectivity index (χ0v) is 25.3. The highest BCUT2D eigenvalue weighted by molar-refractivity contribution is 6.12. The van der Waals surface area contributed by atoms with Crippen LogP contribution in [0, 0.1) is 0 Å². The van der Waals surface area contributed by atoms with Crippen LogP contribution in [0.15, 0.2) is 97.1 Å². The summed E-state index contributed by atoms with van der Waals surface area (Å²) >= 11 is 0. The van der Waals surface area contributed by atoms with Crippen LogP contribution in [0.2, 0.25) is 0 Å². The molecular formula is C40H33NO4. The monoisotopic (exact) mass is 591 g/mol. The van der Waals surface area contributed by atoms with E-state index >= 15 is 0 Å². The number of fused-ring (bicyclic) bond motifs is 9. The summed E-state index contributed by atoms with van der Waals surface area (Å²) in [6, 6.07) is 35.2. The van der Waals surface area contributed by atoms with Crippen molar-refractivity contribution < 1.29 is 18.9 Å². The van der Waals surface area contributed by atoms with Gasteiger partial charge >= 0.3 is 0 Å². The van der Waals surface area contributed by atoms with Crippen LogP contribution in [0.3, 0.4) is 0 Å². The Morgan fingerprint density at radius 3 is 1.56 bits per heavy atom. The number of benzene rings is 6. The van der Waals surface area contributed by atoms with Gasteiger partial charge in [-0.2, -0.15) is 0 Å². The van der Waals surface area contributed by atoms with Gasteiger partial charge in [-0.25, -0.2) is 0 Å². The summed E-state index contributed by atoms with van der Waals surface area (Å²) in [7, 11) is 0. The average Bonchev–Trinajstić information content (AvgIpc) is 3.72. The van der Waals surface area contributed by atoms with Gasteiger partial charge in [0.2, 0.25) is 13.6 Å². The summed E-state index contributed by atoms with van der Waals surface area (Å²) in [4.78, 5) is 2.64. The Kier molecular flexibility index (Phi) is 6.20. The zero-order valence-electron chi connectivity index (χ0n) is 25.3. The molecule has 6 aromatic carbocycles. The van der Waals surface area contributed by atoms with Gasteiger partial charge in [0.15, 0.2) is 23.0 Å². The van der Waals surface area contributed by atoms with Crippen molar-refractivity contribution in [3.8, 4) is 56.4 Å². The van der Waals surface area contributed by atoms with Gasteiger partial charge in [-0.1, -0.05) is 74.0 Å². The van der Waals surface area contributed by atoms with E-state index in [1.54, 1.807) is 0 Å². The van der Waals surface area contributed by atoms with Gasteiger partial charge in [-0.3, -0.25) is 4.90 Å². The third kappa shape index (κ3) is 4.33. The van der Waals surface area contributed by atoms with Gasteiger partial charge in [-0.05, 0) is 115 Å². The number of hydrogen-bond acceptors (Lipinski definition) is 5. The minimum Gasteiger partial charge on any atom is -0.454 e. The molecule has 222 valence electrons. The summed E-state index contributed by atoms with van der Waals surface area (Å²) in [5.74, 6) is 3.23. The van der Waals surface area contributed by atoms with Crippen molar-refractivity contribution in [3.63, 3.8) is 0 Å². The highest BCUT2D eigenvalue weighted by Crippen LogP contribution is 2.50. The lowest BCUT2D eigenvalue weighted by Gasteiger charge is -2.23. The van der Waals surface area contributed by atoms with Crippen LogP contribution in [0.5, 0.6) is 23.0 Å². The highest BCUT2D eigenvalue weighted by atomic mass is 16.7. The fourth-order valence-electron chi connectivity index (χ4n) is 7.37. The molecule has 3 aliphatic rings. The highest BCUT2D eigenvalue weighted by Gasteiger charge is 2.29. The SMILES string of the molecule is CCCCN1Cc2c(-c3ccc4c(c3)OCO4)cc3ccccc3c2-c2c(c(-c3ccc4c(c3)OCO4)cc3ccccc23)C1. The Hall–Kier alpha value is -5.00. The number of hydrogen-bond donors (Lipinski definition) is 0. The number of ether oxygens (including phenoxy) is 4. The largest absolute Gasteiger partial charge is 0.454 e. The maximum Gasteiger partial charge on any atom is 0.231 e. The van der Waals surface area contributed by atoms with E-state index < -0.39 is 0 Å². The van der Waals surface area contributed by atoms with Crippen molar-refractivity contribution in [3.05, 3.63) is 108 Å². The summed E-state index contributed by atoms with van der Waals surface area (Å²) in [5, 5.41) is 5.02. The Bertz CT molecular complexity index is 1990. The molecule has 0 saturated heterocycles. The molecule has 0 fully saturated rings. The second kappa shape index (κ2) is 10.6. The van der Waals surface area contributed by atoms with Crippen LogP contribution >= 0.6 is 0 Å². The molecule has 3 aliphatic heterocycles. The van der Waals surface area contributed by atoms with E-state index in [0.29, 0.717) is 0 Å². The van der Waals surface area contributed by atoms with E-state index in [-0.39, 0.29) is 13.6 Å².